The molecule has 2 aliphatic heterocycles. The third kappa shape index (κ3) is 5.26. The van der Waals surface area contributed by atoms with Crippen molar-refractivity contribution in [2.75, 3.05) is 57.4 Å². The number of ketones is 1. The zero-order valence-electron chi connectivity index (χ0n) is 20.9. The molecule has 1 N–H and O–H groups in total. The highest BCUT2D eigenvalue weighted by Crippen LogP contribution is 2.39. The first-order valence-electron chi connectivity index (χ1n) is 12.4. The number of aliphatic hydroxyl groups is 1. The van der Waals surface area contributed by atoms with E-state index in [0.717, 1.165) is 43.0 Å². The molecule has 2 aromatic carbocycles. The predicted octanol–water partition coefficient (Wildman–Crippen LogP) is 3.60. The largest absolute Gasteiger partial charge is 0.507 e. The van der Waals surface area contributed by atoms with Crippen LogP contribution >= 0.6 is 0 Å². The van der Waals surface area contributed by atoms with Gasteiger partial charge in [0.05, 0.1) is 24.8 Å². The van der Waals surface area contributed by atoms with Gasteiger partial charge >= 0.3 is 0 Å². The molecule has 2 fully saturated rings. The number of morpholine rings is 1. The van der Waals surface area contributed by atoms with Gasteiger partial charge in [-0.2, -0.15) is 0 Å². The summed E-state index contributed by atoms with van der Waals surface area (Å²) in [6.45, 7) is 12.0. The summed E-state index contributed by atoms with van der Waals surface area (Å²) < 4.78 is 5.43. The van der Waals surface area contributed by atoms with E-state index in [1.54, 1.807) is 17.0 Å². The van der Waals surface area contributed by atoms with Crippen LogP contribution in [0.25, 0.3) is 5.76 Å². The fourth-order valence-corrected chi connectivity index (χ4v) is 4.85. The Bertz CT molecular complexity index is 1070. The van der Waals surface area contributed by atoms with E-state index in [9.17, 15) is 14.7 Å². The maximum absolute atomic E-state index is 13.2. The van der Waals surface area contributed by atoms with Crippen molar-refractivity contribution >= 4 is 23.1 Å². The second-order valence-electron chi connectivity index (χ2n) is 9.08. The van der Waals surface area contributed by atoms with Crippen LogP contribution in [-0.2, 0) is 14.3 Å². The molecule has 0 bridgehead atoms. The number of rotatable bonds is 8. The summed E-state index contributed by atoms with van der Waals surface area (Å²) in [7, 11) is 0. The number of likely N-dealkylation sites (tertiary alicyclic amines) is 1. The first-order valence-corrected chi connectivity index (χ1v) is 12.4. The molecule has 7 nitrogen and oxygen atoms in total. The van der Waals surface area contributed by atoms with Crippen molar-refractivity contribution in [1.82, 2.24) is 9.80 Å². The minimum absolute atomic E-state index is 0.130. The molecule has 2 aromatic rings. The Morgan fingerprint density at radius 3 is 2.20 bits per heavy atom. The number of carbonyl (C=O) groups is 2. The quantitative estimate of drug-likeness (QED) is 0.356. The molecule has 35 heavy (non-hydrogen) atoms. The van der Waals surface area contributed by atoms with Crippen molar-refractivity contribution in [2.45, 2.75) is 26.8 Å². The molecule has 2 aliphatic rings. The lowest BCUT2D eigenvalue weighted by Gasteiger charge is -2.31. The van der Waals surface area contributed by atoms with Gasteiger partial charge in [0.25, 0.3) is 11.7 Å². The van der Waals surface area contributed by atoms with E-state index in [1.165, 1.54) is 0 Å². The van der Waals surface area contributed by atoms with Crippen molar-refractivity contribution in [3.63, 3.8) is 0 Å². The molecule has 1 atom stereocenters. The number of hydrogen-bond acceptors (Lipinski definition) is 6. The van der Waals surface area contributed by atoms with Gasteiger partial charge < -0.3 is 19.6 Å². The van der Waals surface area contributed by atoms with Crippen molar-refractivity contribution in [2.24, 2.45) is 0 Å². The smallest absolute Gasteiger partial charge is 0.295 e. The maximum Gasteiger partial charge on any atom is 0.295 e. The van der Waals surface area contributed by atoms with Crippen LogP contribution < -0.4 is 4.90 Å². The Hall–Kier alpha value is -3.16. The van der Waals surface area contributed by atoms with Crippen LogP contribution in [0.1, 0.15) is 36.6 Å². The molecule has 4 rings (SSSR count). The molecule has 0 spiro atoms. The van der Waals surface area contributed by atoms with Gasteiger partial charge in [-0.1, -0.05) is 42.0 Å². The first kappa shape index (κ1) is 24.9. The van der Waals surface area contributed by atoms with E-state index in [2.05, 4.69) is 23.6 Å². The monoisotopic (exact) mass is 477 g/mol. The molecule has 0 aromatic heterocycles. The molecular weight excluding hydrogens is 442 g/mol. The number of aryl methyl sites for hydroxylation is 1. The number of carbonyl (C=O) groups excluding carboxylic acids is 2. The van der Waals surface area contributed by atoms with Gasteiger partial charge in [-0.3, -0.25) is 14.5 Å². The molecular formula is C28H35N3O4. The SMILES string of the molecule is CCN(CC)c1ccc([C@H]2C(=C(O)c3ccc(C)cc3)C(=O)C(=O)N2CCN2CCOCC2)cc1. The third-order valence-electron chi connectivity index (χ3n) is 6.96. The molecule has 0 unspecified atom stereocenters. The Kier molecular flexibility index (Phi) is 7.88. The maximum atomic E-state index is 13.2. The molecule has 7 heteroatoms. The molecule has 186 valence electrons. The summed E-state index contributed by atoms with van der Waals surface area (Å²) in [6, 6.07) is 14.7. The Morgan fingerprint density at radius 2 is 1.60 bits per heavy atom. The highest BCUT2D eigenvalue weighted by Gasteiger charge is 2.46. The van der Waals surface area contributed by atoms with Crippen LogP contribution in [0.3, 0.4) is 0 Å². The van der Waals surface area contributed by atoms with E-state index in [1.807, 2.05) is 43.3 Å². The van der Waals surface area contributed by atoms with Gasteiger partial charge in [0.1, 0.15) is 5.76 Å². The zero-order chi connectivity index (χ0) is 24.9. The van der Waals surface area contributed by atoms with Crippen molar-refractivity contribution < 1.29 is 19.4 Å². The lowest BCUT2D eigenvalue weighted by molar-refractivity contribution is -0.140. The van der Waals surface area contributed by atoms with E-state index in [-0.39, 0.29) is 11.3 Å². The molecule has 2 heterocycles. The standard InChI is InChI=1S/C28H35N3O4/c1-4-30(5-2)23-12-10-21(11-13-23)25-24(26(32)22-8-6-20(3)7-9-22)27(33)28(34)31(25)15-14-29-16-18-35-19-17-29/h6-13,25,32H,4-5,14-19H2,1-3H3/t25-/m0/s1. The number of nitrogens with zero attached hydrogens (tertiary/aromatic N) is 3. The lowest BCUT2D eigenvalue weighted by Crippen LogP contribution is -2.42. The molecule has 0 saturated carbocycles. The van der Waals surface area contributed by atoms with Crippen LogP contribution in [0.5, 0.6) is 0 Å². The number of benzene rings is 2. The zero-order valence-corrected chi connectivity index (χ0v) is 20.9. The summed E-state index contributed by atoms with van der Waals surface area (Å²) in [6.07, 6.45) is 0. The van der Waals surface area contributed by atoms with Gasteiger partial charge in [0.15, 0.2) is 0 Å². The second-order valence-corrected chi connectivity index (χ2v) is 9.08. The second kappa shape index (κ2) is 11.1. The minimum Gasteiger partial charge on any atom is -0.507 e. The fourth-order valence-electron chi connectivity index (χ4n) is 4.85. The molecule has 2 saturated heterocycles. The fraction of sp³-hybridized carbons (Fsp3) is 0.429. The van der Waals surface area contributed by atoms with E-state index < -0.39 is 17.7 Å². The highest BCUT2D eigenvalue weighted by atomic mass is 16.5. The number of ether oxygens (including phenoxy) is 1. The number of hydrogen-bond donors (Lipinski definition) is 1. The normalized spacial score (nSPS) is 20.4. The molecule has 1 amide bonds. The topological polar surface area (TPSA) is 73.3 Å². The van der Waals surface area contributed by atoms with Gasteiger partial charge in [-0.05, 0) is 38.5 Å². The molecule has 0 radical (unpaired) electrons. The highest BCUT2D eigenvalue weighted by molar-refractivity contribution is 6.46. The average Bonchev–Trinajstić information content (AvgIpc) is 3.14. The Labute approximate surface area is 207 Å². The van der Waals surface area contributed by atoms with Crippen LogP contribution in [-0.4, -0.2) is 79.1 Å². The number of Topliss-reactive ketones (excluding diaryl/α,β-unsaturated/α-hetero) is 1. The van der Waals surface area contributed by atoms with Crippen molar-refractivity contribution in [3.8, 4) is 0 Å². The van der Waals surface area contributed by atoms with Crippen LogP contribution in [0.4, 0.5) is 5.69 Å². The summed E-state index contributed by atoms with van der Waals surface area (Å²) in [5.74, 6) is -1.33. The van der Waals surface area contributed by atoms with E-state index in [0.29, 0.717) is 31.9 Å². The van der Waals surface area contributed by atoms with Crippen LogP contribution in [0, 0.1) is 6.92 Å². The number of aliphatic hydroxyl groups excluding tert-OH is 1. The van der Waals surface area contributed by atoms with Crippen LogP contribution in [0.15, 0.2) is 54.1 Å². The number of amides is 1. The van der Waals surface area contributed by atoms with Gasteiger partial charge in [0, 0.05) is 50.5 Å². The average molecular weight is 478 g/mol. The predicted molar refractivity (Wildman–Crippen MR) is 137 cm³/mol. The van der Waals surface area contributed by atoms with Gasteiger partial charge in [-0.25, -0.2) is 0 Å². The Balaban J connectivity index is 1.72. The first-order chi connectivity index (χ1) is 16.9. The minimum atomic E-state index is -0.636. The van der Waals surface area contributed by atoms with Gasteiger partial charge in [0.2, 0.25) is 0 Å². The summed E-state index contributed by atoms with van der Waals surface area (Å²) in [5.41, 5.74) is 3.64. The molecule has 0 aliphatic carbocycles. The van der Waals surface area contributed by atoms with Gasteiger partial charge in [-0.15, -0.1) is 0 Å². The lowest BCUT2D eigenvalue weighted by atomic mass is 9.95. The third-order valence-corrected chi connectivity index (χ3v) is 6.96. The van der Waals surface area contributed by atoms with Crippen molar-refractivity contribution in [3.05, 3.63) is 70.8 Å². The van der Waals surface area contributed by atoms with Crippen LogP contribution in [0.2, 0.25) is 0 Å². The number of anilines is 1. The summed E-state index contributed by atoms with van der Waals surface area (Å²) in [4.78, 5) is 32.6. The summed E-state index contributed by atoms with van der Waals surface area (Å²) >= 11 is 0. The Morgan fingerprint density at radius 1 is 0.971 bits per heavy atom. The summed E-state index contributed by atoms with van der Waals surface area (Å²) in [5, 5.41) is 11.2. The van der Waals surface area contributed by atoms with E-state index in [4.69, 9.17) is 4.74 Å². The van der Waals surface area contributed by atoms with E-state index >= 15 is 0 Å². The van der Waals surface area contributed by atoms with Crippen molar-refractivity contribution in [1.29, 1.82) is 0 Å².